The zero-order valence-electron chi connectivity index (χ0n) is 19.9. The molecule has 2 aliphatic heterocycles. The first kappa shape index (κ1) is 23.1. The zero-order valence-corrected chi connectivity index (χ0v) is 20.7. The van der Waals surface area contributed by atoms with Crippen LogP contribution in [0.1, 0.15) is 43.0 Å². The molecule has 0 spiro atoms. The molecule has 0 bridgehead atoms. The highest BCUT2D eigenvalue weighted by Gasteiger charge is 2.29. The van der Waals surface area contributed by atoms with Crippen molar-refractivity contribution in [1.29, 1.82) is 0 Å². The maximum atomic E-state index is 11.0. The Kier molecular flexibility index (Phi) is 7.01. The molecule has 5 rings (SSSR count). The van der Waals surface area contributed by atoms with E-state index in [1.807, 2.05) is 30.0 Å². The van der Waals surface area contributed by atoms with Gasteiger partial charge in [0.05, 0.1) is 16.3 Å². The third-order valence-electron chi connectivity index (χ3n) is 6.64. The minimum absolute atomic E-state index is 0.166. The molecule has 1 fully saturated rings. The van der Waals surface area contributed by atoms with Gasteiger partial charge in [0.2, 0.25) is 5.95 Å². The van der Waals surface area contributed by atoms with Crippen molar-refractivity contribution in [3.63, 3.8) is 0 Å². The van der Waals surface area contributed by atoms with Crippen LogP contribution in [-0.2, 0) is 11.2 Å². The van der Waals surface area contributed by atoms with Crippen molar-refractivity contribution < 1.29 is 9.32 Å². The molecular formula is C25H32N6O2S. The number of aryl methyl sites for hydroxylation is 1. The van der Waals surface area contributed by atoms with Gasteiger partial charge in [-0.15, -0.1) is 11.8 Å². The fraction of sp³-hybridized carbons (Fsp3) is 0.520. The van der Waals surface area contributed by atoms with E-state index in [2.05, 4.69) is 40.4 Å². The van der Waals surface area contributed by atoms with Gasteiger partial charge in [-0.3, -0.25) is 0 Å². The first-order chi connectivity index (χ1) is 16.6. The molecular weight excluding hydrogens is 448 g/mol. The second-order valence-electron chi connectivity index (χ2n) is 9.42. The van der Waals surface area contributed by atoms with Crippen LogP contribution in [-0.4, -0.2) is 71.8 Å². The third-order valence-corrected chi connectivity index (χ3v) is 7.76. The standard InChI is InChI=1S/C25H32N6O2S/c1-30(2)16-18(6-5-14-32)26-24-23-20(11-15-34-23)27-25(28-24)31-12-9-17(10-13-31)22-19-7-3-4-8-21(19)33-29-22/h3-4,7-8,14,17-18H,5-6,9-13,15-16H2,1-2H3,(H,26,27,28)/t18-/m0/s1. The third kappa shape index (κ3) is 4.90. The average Bonchev–Trinajstić information content (AvgIpc) is 3.49. The molecule has 34 heavy (non-hydrogen) atoms. The molecule has 1 atom stereocenters. The Hall–Kier alpha value is -2.65. The Labute approximate surface area is 204 Å². The number of rotatable bonds is 9. The highest BCUT2D eigenvalue weighted by molar-refractivity contribution is 7.99. The van der Waals surface area contributed by atoms with Crippen LogP contribution < -0.4 is 10.2 Å². The quantitative estimate of drug-likeness (QED) is 0.457. The monoisotopic (exact) mass is 480 g/mol. The van der Waals surface area contributed by atoms with Crippen molar-refractivity contribution in [2.75, 3.05) is 49.7 Å². The van der Waals surface area contributed by atoms with Gasteiger partial charge in [-0.2, -0.15) is 4.98 Å². The molecule has 3 aromatic rings. The van der Waals surface area contributed by atoms with Crippen LogP contribution in [0.15, 0.2) is 33.7 Å². The van der Waals surface area contributed by atoms with E-state index in [-0.39, 0.29) is 6.04 Å². The summed E-state index contributed by atoms with van der Waals surface area (Å²) in [5.41, 5.74) is 3.07. The second-order valence-corrected chi connectivity index (χ2v) is 10.5. The summed E-state index contributed by atoms with van der Waals surface area (Å²) in [4.78, 5) is 26.6. The Morgan fingerprint density at radius 2 is 2.09 bits per heavy atom. The number of thioether (sulfide) groups is 1. The summed E-state index contributed by atoms with van der Waals surface area (Å²) in [5, 5.41) is 9.17. The Bertz CT molecular complexity index is 1140. The first-order valence-corrected chi connectivity index (χ1v) is 13.1. The molecule has 1 N–H and O–H groups in total. The summed E-state index contributed by atoms with van der Waals surface area (Å²) in [5.74, 6) is 3.15. The summed E-state index contributed by atoms with van der Waals surface area (Å²) in [6.07, 6.45) is 5.30. The largest absolute Gasteiger partial charge is 0.365 e. The molecule has 0 radical (unpaired) electrons. The summed E-state index contributed by atoms with van der Waals surface area (Å²) >= 11 is 1.83. The number of nitrogens with zero attached hydrogens (tertiary/aromatic N) is 5. The van der Waals surface area contributed by atoms with Gasteiger partial charge in [0.1, 0.15) is 12.1 Å². The van der Waals surface area contributed by atoms with Gasteiger partial charge in [0.15, 0.2) is 5.58 Å². The van der Waals surface area contributed by atoms with Crippen LogP contribution >= 0.6 is 11.8 Å². The van der Waals surface area contributed by atoms with E-state index in [1.165, 1.54) is 4.90 Å². The highest BCUT2D eigenvalue weighted by atomic mass is 32.2. The van der Waals surface area contributed by atoms with Crippen molar-refractivity contribution >= 4 is 40.8 Å². The molecule has 0 unspecified atom stereocenters. The lowest BCUT2D eigenvalue weighted by Gasteiger charge is -2.32. The number of piperidine rings is 1. The fourth-order valence-corrected chi connectivity index (χ4v) is 6.01. The van der Waals surface area contributed by atoms with E-state index in [0.717, 1.165) is 91.5 Å². The fourth-order valence-electron chi connectivity index (χ4n) is 4.96. The van der Waals surface area contributed by atoms with Gasteiger partial charge < -0.3 is 24.4 Å². The number of aldehydes is 1. The van der Waals surface area contributed by atoms with E-state index in [4.69, 9.17) is 14.5 Å². The highest BCUT2D eigenvalue weighted by Crippen LogP contribution is 2.38. The van der Waals surface area contributed by atoms with Crippen LogP contribution in [0.5, 0.6) is 0 Å². The minimum atomic E-state index is 0.166. The molecule has 2 aliphatic rings. The van der Waals surface area contributed by atoms with Gasteiger partial charge in [-0.1, -0.05) is 17.3 Å². The van der Waals surface area contributed by atoms with Crippen LogP contribution in [0.4, 0.5) is 11.8 Å². The van der Waals surface area contributed by atoms with Gasteiger partial charge in [0, 0.05) is 55.6 Å². The van der Waals surface area contributed by atoms with E-state index in [9.17, 15) is 4.79 Å². The van der Waals surface area contributed by atoms with E-state index in [1.54, 1.807) is 0 Å². The van der Waals surface area contributed by atoms with Gasteiger partial charge in [-0.05, 0) is 45.5 Å². The summed E-state index contributed by atoms with van der Waals surface area (Å²) in [6, 6.07) is 8.27. The van der Waals surface area contributed by atoms with Crippen molar-refractivity contribution in [1.82, 2.24) is 20.0 Å². The van der Waals surface area contributed by atoms with Crippen molar-refractivity contribution in [2.45, 2.75) is 49.0 Å². The number of nitrogens with one attached hydrogen (secondary N) is 1. The normalized spacial score (nSPS) is 17.3. The Morgan fingerprint density at radius 3 is 2.88 bits per heavy atom. The summed E-state index contributed by atoms with van der Waals surface area (Å²) in [6.45, 7) is 2.64. The SMILES string of the molecule is CN(C)C[C@H](CCC=O)Nc1nc(N2CCC(c3noc4ccccc34)CC2)nc2c1SCC2. The van der Waals surface area contributed by atoms with E-state index in [0.29, 0.717) is 12.3 Å². The molecule has 0 aliphatic carbocycles. The number of carbonyl (C=O) groups excluding carboxylic acids is 1. The van der Waals surface area contributed by atoms with Gasteiger partial charge in [-0.25, -0.2) is 4.98 Å². The van der Waals surface area contributed by atoms with Crippen LogP contribution in [0, 0.1) is 0 Å². The molecule has 4 heterocycles. The smallest absolute Gasteiger partial charge is 0.227 e. The second kappa shape index (κ2) is 10.3. The van der Waals surface area contributed by atoms with E-state index >= 15 is 0 Å². The van der Waals surface area contributed by atoms with Gasteiger partial charge >= 0.3 is 0 Å². The minimum Gasteiger partial charge on any atom is -0.365 e. The number of para-hydroxylation sites is 1. The molecule has 1 aromatic carbocycles. The van der Waals surface area contributed by atoms with Crippen LogP contribution in [0.2, 0.25) is 0 Å². The summed E-state index contributed by atoms with van der Waals surface area (Å²) in [7, 11) is 4.12. The lowest BCUT2D eigenvalue weighted by Crippen LogP contribution is -2.35. The van der Waals surface area contributed by atoms with Crippen LogP contribution in [0.3, 0.4) is 0 Å². The molecule has 0 amide bonds. The van der Waals surface area contributed by atoms with Crippen molar-refractivity contribution in [2.24, 2.45) is 0 Å². The molecule has 9 heteroatoms. The van der Waals surface area contributed by atoms with Crippen molar-refractivity contribution in [3.8, 4) is 0 Å². The van der Waals surface area contributed by atoms with E-state index < -0.39 is 0 Å². The van der Waals surface area contributed by atoms with Crippen LogP contribution in [0.25, 0.3) is 11.0 Å². The summed E-state index contributed by atoms with van der Waals surface area (Å²) < 4.78 is 5.55. The number of aromatic nitrogens is 3. The molecule has 1 saturated heterocycles. The predicted octanol–water partition coefficient (Wildman–Crippen LogP) is 3.97. The lowest BCUT2D eigenvalue weighted by molar-refractivity contribution is -0.108. The number of hydrogen-bond donors (Lipinski definition) is 1. The average molecular weight is 481 g/mol. The first-order valence-electron chi connectivity index (χ1n) is 12.1. The number of likely N-dealkylation sites (N-methyl/N-ethyl adjacent to an activating group) is 1. The number of fused-ring (bicyclic) bond motifs is 2. The predicted molar refractivity (Wildman–Crippen MR) is 136 cm³/mol. The molecule has 2 aromatic heterocycles. The van der Waals surface area contributed by atoms with Crippen molar-refractivity contribution in [3.05, 3.63) is 35.7 Å². The maximum Gasteiger partial charge on any atom is 0.227 e. The zero-order chi connectivity index (χ0) is 23.5. The molecule has 0 saturated carbocycles. The number of hydrogen-bond acceptors (Lipinski definition) is 9. The number of anilines is 2. The number of carbonyl (C=O) groups is 1. The lowest BCUT2D eigenvalue weighted by atomic mass is 9.92. The Morgan fingerprint density at radius 1 is 1.26 bits per heavy atom. The Balaban J connectivity index is 1.33. The molecule has 8 nitrogen and oxygen atoms in total. The topological polar surface area (TPSA) is 87.4 Å². The maximum absolute atomic E-state index is 11.0. The van der Waals surface area contributed by atoms with Gasteiger partial charge in [0.25, 0.3) is 0 Å². The molecule has 180 valence electrons. The number of benzene rings is 1.